The van der Waals surface area contributed by atoms with Gasteiger partial charge in [0.25, 0.3) is 0 Å². The van der Waals surface area contributed by atoms with E-state index in [4.69, 9.17) is 9.84 Å². The van der Waals surface area contributed by atoms with Crippen molar-refractivity contribution in [3.05, 3.63) is 12.2 Å². The number of carbonyl (C=O) groups is 1. The summed E-state index contributed by atoms with van der Waals surface area (Å²) in [5, 5.41) is 38.8. The maximum absolute atomic E-state index is 12.8. The molecular weight excluding hydrogens is 372 g/mol. The van der Waals surface area contributed by atoms with E-state index in [1.165, 1.54) is 0 Å². The standard InChI is InChI=1S/C19H32O7S/c1-12-5-3-2-4-6-13-7-14(21)8-16(13)19(24)17(9-18(23)26-12)27(25)11-15(22)10-20/h4,6,12-17,19-22,24H,2-3,5,7-11H2,1H3/b6-4+/t12-,13+,14-,15?,16+,17+,19-,27?/m0/s1. The van der Waals surface area contributed by atoms with Crippen molar-refractivity contribution in [2.45, 2.75) is 75.1 Å². The zero-order valence-corrected chi connectivity index (χ0v) is 16.6. The summed E-state index contributed by atoms with van der Waals surface area (Å²) in [7, 11) is -1.73. The van der Waals surface area contributed by atoms with Crippen molar-refractivity contribution >= 4 is 16.8 Å². The average molecular weight is 405 g/mol. The molecule has 27 heavy (non-hydrogen) atoms. The lowest BCUT2D eigenvalue weighted by Crippen LogP contribution is -2.42. The zero-order valence-electron chi connectivity index (χ0n) is 15.8. The molecule has 1 fully saturated rings. The third kappa shape index (κ3) is 6.64. The number of aliphatic hydroxyl groups excluding tert-OH is 4. The highest BCUT2D eigenvalue weighted by Gasteiger charge is 2.42. The van der Waals surface area contributed by atoms with Crippen LogP contribution in [-0.2, 0) is 20.3 Å². The predicted molar refractivity (Wildman–Crippen MR) is 101 cm³/mol. The summed E-state index contributed by atoms with van der Waals surface area (Å²) in [5.74, 6) is -1.12. The molecule has 0 aromatic heterocycles. The van der Waals surface area contributed by atoms with Crippen LogP contribution in [0.2, 0.25) is 0 Å². The van der Waals surface area contributed by atoms with E-state index in [2.05, 4.69) is 0 Å². The molecule has 0 spiro atoms. The van der Waals surface area contributed by atoms with Crippen LogP contribution in [-0.4, -0.2) is 72.6 Å². The second-order valence-electron chi connectivity index (χ2n) is 7.73. The summed E-state index contributed by atoms with van der Waals surface area (Å²) in [6.45, 7) is 1.27. The van der Waals surface area contributed by atoms with E-state index >= 15 is 0 Å². The van der Waals surface area contributed by atoms with Gasteiger partial charge in [-0.2, -0.15) is 0 Å². The maximum atomic E-state index is 12.8. The van der Waals surface area contributed by atoms with E-state index in [-0.39, 0.29) is 30.1 Å². The van der Waals surface area contributed by atoms with Crippen LogP contribution >= 0.6 is 0 Å². The molecule has 1 heterocycles. The summed E-state index contributed by atoms with van der Waals surface area (Å²) >= 11 is 0. The normalized spacial score (nSPS) is 39.2. The fourth-order valence-electron chi connectivity index (χ4n) is 3.99. The van der Waals surface area contributed by atoms with Gasteiger partial charge < -0.3 is 25.2 Å². The van der Waals surface area contributed by atoms with Gasteiger partial charge in [-0.3, -0.25) is 9.00 Å². The molecule has 1 aliphatic heterocycles. The highest BCUT2D eigenvalue weighted by Crippen LogP contribution is 2.38. The first-order valence-corrected chi connectivity index (χ1v) is 11.1. The lowest BCUT2D eigenvalue weighted by molar-refractivity contribution is -0.149. The molecule has 0 radical (unpaired) electrons. The Kier molecular flexibility index (Phi) is 8.88. The second-order valence-corrected chi connectivity index (χ2v) is 9.43. The molecule has 8 heteroatoms. The molecule has 0 aromatic rings. The summed E-state index contributed by atoms with van der Waals surface area (Å²) in [4.78, 5) is 12.3. The number of hydrogen-bond donors (Lipinski definition) is 4. The molecule has 2 unspecified atom stereocenters. The molecule has 1 aliphatic carbocycles. The van der Waals surface area contributed by atoms with Crippen LogP contribution in [0.25, 0.3) is 0 Å². The molecule has 156 valence electrons. The number of allylic oxidation sites excluding steroid dienone is 2. The van der Waals surface area contributed by atoms with Gasteiger partial charge in [0.1, 0.15) is 0 Å². The number of cyclic esters (lactones) is 1. The molecule has 8 atom stereocenters. The van der Waals surface area contributed by atoms with Crippen LogP contribution in [0.15, 0.2) is 12.2 Å². The summed E-state index contributed by atoms with van der Waals surface area (Å²) < 4.78 is 18.1. The molecule has 0 aromatic carbocycles. The minimum atomic E-state index is -1.73. The Labute approximate surface area is 162 Å². The number of fused-ring (bicyclic) bond motifs is 1. The van der Waals surface area contributed by atoms with Crippen LogP contribution in [0.4, 0.5) is 0 Å². The number of rotatable bonds is 4. The Bertz CT molecular complexity index is 538. The smallest absolute Gasteiger partial charge is 0.307 e. The topological polar surface area (TPSA) is 124 Å². The molecular formula is C19H32O7S. The molecule has 2 rings (SSSR count). The fraction of sp³-hybridized carbons (Fsp3) is 0.842. The number of carbonyl (C=O) groups excluding carboxylic acids is 1. The van der Waals surface area contributed by atoms with Gasteiger partial charge in [-0.15, -0.1) is 0 Å². The monoisotopic (exact) mass is 404 g/mol. The lowest BCUT2D eigenvalue weighted by Gasteiger charge is -2.30. The van der Waals surface area contributed by atoms with Crippen LogP contribution in [0, 0.1) is 11.8 Å². The van der Waals surface area contributed by atoms with Crippen molar-refractivity contribution in [3.63, 3.8) is 0 Å². The van der Waals surface area contributed by atoms with Gasteiger partial charge >= 0.3 is 5.97 Å². The van der Waals surface area contributed by atoms with Crippen molar-refractivity contribution in [2.24, 2.45) is 11.8 Å². The molecule has 7 nitrogen and oxygen atoms in total. The van der Waals surface area contributed by atoms with E-state index in [0.717, 1.165) is 12.8 Å². The molecule has 4 N–H and O–H groups in total. The maximum Gasteiger partial charge on any atom is 0.307 e. The largest absolute Gasteiger partial charge is 0.463 e. The van der Waals surface area contributed by atoms with Crippen LogP contribution in [0.5, 0.6) is 0 Å². The van der Waals surface area contributed by atoms with E-state index < -0.39 is 46.9 Å². The SMILES string of the molecule is C[C@H]1CCC/C=C/[C@@H]2C[C@H](O)C[C@H]2[C@H](O)[C@H](S(=O)CC(O)CO)CC(=O)O1. The second kappa shape index (κ2) is 10.7. The molecule has 0 bridgehead atoms. The Morgan fingerprint density at radius 2 is 2.07 bits per heavy atom. The highest BCUT2D eigenvalue weighted by atomic mass is 32.2. The van der Waals surface area contributed by atoms with E-state index in [1.54, 1.807) is 0 Å². The zero-order chi connectivity index (χ0) is 20.0. The Morgan fingerprint density at radius 3 is 2.78 bits per heavy atom. The first kappa shape index (κ1) is 22.5. The molecule has 2 aliphatic rings. The lowest BCUT2D eigenvalue weighted by atomic mass is 9.87. The predicted octanol–water partition coefficient (Wildman–Crippen LogP) is 0.267. The Balaban J connectivity index is 2.25. The summed E-state index contributed by atoms with van der Waals surface area (Å²) in [6.07, 6.45) is 4.07. The van der Waals surface area contributed by atoms with Crippen molar-refractivity contribution in [1.29, 1.82) is 0 Å². The average Bonchev–Trinajstić information content (AvgIpc) is 2.98. The Morgan fingerprint density at radius 1 is 1.33 bits per heavy atom. The van der Waals surface area contributed by atoms with Gasteiger partial charge in [-0.1, -0.05) is 12.2 Å². The van der Waals surface area contributed by atoms with Gasteiger partial charge in [0, 0.05) is 10.8 Å². The van der Waals surface area contributed by atoms with Gasteiger partial charge in [0.2, 0.25) is 0 Å². The van der Waals surface area contributed by atoms with Gasteiger partial charge in [-0.05, 0) is 50.9 Å². The summed E-state index contributed by atoms with van der Waals surface area (Å²) in [6, 6.07) is 0. The first-order valence-electron chi connectivity index (χ1n) is 9.70. The van der Waals surface area contributed by atoms with Crippen LogP contribution < -0.4 is 0 Å². The van der Waals surface area contributed by atoms with E-state index in [9.17, 15) is 24.3 Å². The number of aliphatic hydroxyl groups is 4. The van der Waals surface area contributed by atoms with Gasteiger partial charge in [0.05, 0.1) is 48.4 Å². The molecule has 0 amide bonds. The third-order valence-electron chi connectivity index (χ3n) is 5.43. The minimum Gasteiger partial charge on any atom is -0.463 e. The highest BCUT2D eigenvalue weighted by molar-refractivity contribution is 7.85. The van der Waals surface area contributed by atoms with Crippen molar-refractivity contribution < 1.29 is 34.2 Å². The van der Waals surface area contributed by atoms with Crippen molar-refractivity contribution in [1.82, 2.24) is 0 Å². The van der Waals surface area contributed by atoms with Crippen LogP contribution in [0.1, 0.15) is 45.4 Å². The quantitative estimate of drug-likeness (QED) is 0.391. The van der Waals surface area contributed by atoms with Crippen molar-refractivity contribution in [3.8, 4) is 0 Å². The van der Waals surface area contributed by atoms with Crippen molar-refractivity contribution in [2.75, 3.05) is 12.4 Å². The number of esters is 1. The third-order valence-corrected chi connectivity index (χ3v) is 7.26. The molecule has 1 saturated carbocycles. The molecule has 0 saturated heterocycles. The van der Waals surface area contributed by atoms with Gasteiger partial charge in [-0.25, -0.2) is 0 Å². The van der Waals surface area contributed by atoms with E-state index in [0.29, 0.717) is 19.3 Å². The first-order chi connectivity index (χ1) is 12.8. The van der Waals surface area contributed by atoms with E-state index in [1.807, 2.05) is 19.1 Å². The fourth-order valence-corrected chi connectivity index (χ4v) is 5.56. The number of hydrogen-bond acceptors (Lipinski definition) is 7. The minimum absolute atomic E-state index is 0.0496. The van der Waals surface area contributed by atoms with Gasteiger partial charge in [0.15, 0.2) is 0 Å². The summed E-state index contributed by atoms with van der Waals surface area (Å²) in [5.41, 5.74) is 0. The van der Waals surface area contributed by atoms with Crippen LogP contribution in [0.3, 0.4) is 0 Å². The Hall–Kier alpha value is -0.800. The number of ether oxygens (including phenoxy) is 1.